The number of thiophene rings is 1. The molecule has 1 aliphatic rings. The fraction of sp³-hybridized carbons (Fsp3) is 0.714. The van der Waals surface area contributed by atoms with Crippen LogP contribution in [0.2, 0.25) is 0 Å². The molecular weight excluding hydrogens is 314 g/mol. The van der Waals surface area contributed by atoms with Gasteiger partial charge >= 0.3 is 0 Å². The normalized spacial score (nSPS) is 17.4. The van der Waals surface area contributed by atoms with Gasteiger partial charge in [-0.1, -0.05) is 26.7 Å². The number of hydrogen-bond donors (Lipinski definition) is 0. The predicted molar refractivity (Wildman–Crippen MR) is 84.9 cm³/mol. The lowest BCUT2D eigenvalue weighted by molar-refractivity contribution is 0.293. The summed E-state index contributed by atoms with van der Waals surface area (Å²) in [6.45, 7) is 4.73. The molecule has 1 heterocycles. The minimum absolute atomic E-state index is 0.170. The molecule has 20 heavy (non-hydrogen) atoms. The molecule has 0 aromatic carbocycles. The number of rotatable bonds is 6. The van der Waals surface area contributed by atoms with E-state index in [2.05, 4.69) is 13.8 Å². The van der Waals surface area contributed by atoms with Crippen molar-refractivity contribution in [3.05, 3.63) is 17.0 Å². The third-order valence-electron chi connectivity index (χ3n) is 3.61. The van der Waals surface area contributed by atoms with E-state index in [1.807, 2.05) is 6.07 Å². The molecule has 0 amide bonds. The van der Waals surface area contributed by atoms with Gasteiger partial charge in [0.25, 0.3) is 10.0 Å². The number of sulfonamides is 1. The molecule has 2 rings (SSSR count). The molecular formula is C14H22ClNO2S2. The van der Waals surface area contributed by atoms with E-state index in [9.17, 15) is 8.42 Å². The SMILES string of the molecule is CC(C)CN(C1CCCC1)S(=O)(=O)c1ccc(CCl)s1. The predicted octanol–water partition coefficient (Wildman–Crippen LogP) is 4.08. The van der Waals surface area contributed by atoms with Crippen LogP contribution >= 0.6 is 22.9 Å². The molecule has 1 saturated carbocycles. The Bertz CT molecular complexity index is 533. The van der Waals surface area contributed by atoms with Crippen molar-refractivity contribution in [1.82, 2.24) is 4.31 Å². The van der Waals surface area contributed by atoms with E-state index in [-0.39, 0.29) is 6.04 Å². The summed E-state index contributed by atoms with van der Waals surface area (Å²) < 4.78 is 27.9. The Balaban J connectivity index is 2.29. The Kier molecular flexibility index (Phi) is 5.51. The molecule has 1 fully saturated rings. The summed E-state index contributed by atoms with van der Waals surface area (Å²) in [7, 11) is -3.38. The van der Waals surface area contributed by atoms with Gasteiger partial charge in [0.15, 0.2) is 0 Å². The fourth-order valence-electron chi connectivity index (χ4n) is 2.68. The van der Waals surface area contributed by atoms with Crippen LogP contribution in [0.3, 0.4) is 0 Å². The van der Waals surface area contributed by atoms with Crippen molar-refractivity contribution in [3.8, 4) is 0 Å². The molecule has 6 heteroatoms. The van der Waals surface area contributed by atoms with E-state index in [0.717, 1.165) is 30.6 Å². The first-order chi connectivity index (χ1) is 9.45. The largest absolute Gasteiger partial charge is 0.252 e. The van der Waals surface area contributed by atoms with E-state index in [1.165, 1.54) is 11.3 Å². The Morgan fingerprint density at radius 1 is 1.35 bits per heavy atom. The number of nitrogens with zero attached hydrogens (tertiary/aromatic N) is 1. The van der Waals surface area contributed by atoms with Gasteiger partial charge in [-0.2, -0.15) is 4.31 Å². The highest BCUT2D eigenvalue weighted by atomic mass is 35.5. The first-order valence-corrected chi connectivity index (χ1v) is 9.90. The van der Waals surface area contributed by atoms with E-state index in [1.54, 1.807) is 10.4 Å². The molecule has 3 nitrogen and oxygen atoms in total. The van der Waals surface area contributed by atoms with Gasteiger partial charge in [0, 0.05) is 17.5 Å². The van der Waals surface area contributed by atoms with Gasteiger partial charge in [0.2, 0.25) is 0 Å². The smallest absolute Gasteiger partial charge is 0.206 e. The molecule has 0 aliphatic heterocycles. The lowest BCUT2D eigenvalue weighted by atomic mass is 10.2. The third kappa shape index (κ3) is 3.56. The van der Waals surface area contributed by atoms with Crippen LogP contribution < -0.4 is 0 Å². The highest BCUT2D eigenvalue weighted by Gasteiger charge is 2.34. The second-order valence-electron chi connectivity index (χ2n) is 5.76. The van der Waals surface area contributed by atoms with Crippen molar-refractivity contribution in [1.29, 1.82) is 0 Å². The highest BCUT2D eigenvalue weighted by Crippen LogP contribution is 2.32. The van der Waals surface area contributed by atoms with Crippen LogP contribution in [0.1, 0.15) is 44.4 Å². The molecule has 1 aromatic rings. The van der Waals surface area contributed by atoms with E-state index >= 15 is 0 Å². The van der Waals surface area contributed by atoms with Crippen molar-refractivity contribution < 1.29 is 8.42 Å². The molecule has 0 saturated heterocycles. The average molecular weight is 336 g/mol. The molecule has 0 unspecified atom stereocenters. The number of hydrogen-bond acceptors (Lipinski definition) is 3. The summed E-state index contributed by atoms with van der Waals surface area (Å²) in [6.07, 6.45) is 4.23. The first-order valence-electron chi connectivity index (χ1n) is 7.11. The summed E-state index contributed by atoms with van der Waals surface area (Å²) in [4.78, 5) is 0.904. The molecule has 0 N–H and O–H groups in total. The van der Waals surface area contributed by atoms with Crippen LogP contribution in [-0.2, 0) is 15.9 Å². The minimum Gasteiger partial charge on any atom is -0.206 e. The van der Waals surface area contributed by atoms with Gasteiger partial charge in [0.05, 0.1) is 5.88 Å². The topological polar surface area (TPSA) is 37.4 Å². The lowest BCUT2D eigenvalue weighted by Crippen LogP contribution is -2.40. The Labute approximate surface area is 131 Å². The number of halogens is 1. The van der Waals surface area contributed by atoms with Crippen LogP contribution in [-0.4, -0.2) is 25.3 Å². The van der Waals surface area contributed by atoms with Gasteiger partial charge in [-0.25, -0.2) is 8.42 Å². The van der Waals surface area contributed by atoms with Gasteiger partial charge < -0.3 is 0 Å². The molecule has 1 aliphatic carbocycles. The molecule has 0 radical (unpaired) electrons. The Morgan fingerprint density at radius 2 is 2.00 bits per heavy atom. The molecule has 0 spiro atoms. The average Bonchev–Trinajstić information content (AvgIpc) is 3.06. The summed E-state index contributed by atoms with van der Waals surface area (Å²) in [5.41, 5.74) is 0. The fourth-order valence-corrected chi connectivity index (χ4v) is 6.12. The monoisotopic (exact) mass is 335 g/mol. The maximum Gasteiger partial charge on any atom is 0.252 e. The second-order valence-corrected chi connectivity index (χ2v) is 9.31. The zero-order valence-electron chi connectivity index (χ0n) is 12.0. The first kappa shape index (κ1) is 16.3. The van der Waals surface area contributed by atoms with Gasteiger partial charge in [0.1, 0.15) is 4.21 Å². The van der Waals surface area contributed by atoms with Crippen LogP contribution in [0.25, 0.3) is 0 Å². The highest BCUT2D eigenvalue weighted by molar-refractivity contribution is 7.91. The number of alkyl halides is 1. The minimum atomic E-state index is -3.38. The van der Waals surface area contributed by atoms with Crippen molar-refractivity contribution in [3.63, 3.8) is 0 Å². The van der Waals surface area contributed by atoms with Crippen LogP contribution in [0.4, 0.5) is 0 Å². The quantitative estimate of drug-likeness (QED) is 0.735. The van der Waals surface area contributed by atoms with Gasteiger partial charge in [-0.05, 0) is 30.9 Å². The molecule has 1 aromatic heterocycles. The maximum absolute atomic E-state index is 12.9. The summed E-state index contributed by atoms with van der Waals surface area (Å²) >= 11 is 7.08. The van der Waals surface area contributed by atoms with Crippen molar-refractivity contribution in [2.75, 3.05) is 6.54 Å². The standard InChI is InChI=1S/C14H22ClNO2S2/c1-11(2)10-16(12-5-3-4-6-12)20(17,18)14-8-7-13(9-15)19-14/h7-8,11-12H,3-6,9-10H2,1-2H3. The van der Waals surface area contributed by atoms with Crippen LogP contribution in [0.15, 0.2) is 16.3 Å². The second kappa shape index (κ2) is 6.77. The van der Waals surface area contributed by atoms with Gasteiger partial charge in [-0.3, -0.25) is 0 Å². The van der Waals surface area contributed by atoms with E-state index in [0.29, 0.717) is 22.6 Å². The van der Waals surface area contributed by atoms with Crippen molar-refractivity contribution in [2.24, 2.45) is 5.92 Å². The lowest BCUT2D eigenvalue weighted by Gasteiger charge is -2.29. The van der Waals surface area contributed by atoms with Gasteiger partial charge in [-0.15, -0.1) is 22.9 Å². The Morgan fingerprint density at radius 3 is 2.50 bits per heavy atom. The molecule has 0 bridgehead atoms. The van der Waals surface area contributed by atoms with Crippen molar-refractivity contribution in [2.45, 2.75) is 55.7 Å². The zero-order chi connectivity index (χ0) is 14.8. The van der Waals surface area contributed by atoms with E-state index < -0.39 is 10.0 Å². The van der Waals surface area contributed by atoms with Crippen molar-refractivity contribution >= 4 is 33.0 Å². The van der Waals surface area contributed by atoms with Crippen LogP contribution in [0, 0.1) is 5.92 Å². The van der Waals surface area contributed by atoms with Crippen LogP contribution in [0.5, 0.6) is 0 Å². The summed E-state index contributed by atoms with van der Waals surface area (Å²) in [5.74, 6) is 0.700. The molecule has 0 atom stereocenters. The zero-order valence-corrected chi connectivity index (χ0v) is 14.4. The maximum atomic E-state index is 12.9. The van der Waals surface area contributed by atoms with E-state index in [4.69, 9.17) is 11.6 Å². The third-order valence-corrected chi connectivity index (χ3v) is 7.53. The summed E-state index contributed by atoms with van der Waals surface area (Å²) in [5, 5.41) is 0. The summed E-state index contributed by atoms with van der Waals surface area (Å²) in [6, 6.07) is 3.68. The Hall–Kier alpha value is -0.100. The molecule has 114 valence electrons.